The molecule has 0 aliphatic heterocycles. The van der Waals surface area contributed by atoms with E-state index in [1.54, 1.807) is 6.07 Å². The molecule has 0 atom stereocenters. The van der Waals surface area contributed by atoms with Crippen LogP contribution in [0.25, 0.3) is 22.2 Å². The standard InChI is InChI=1S/C20H13BrN4O2/c21-14-6-8-15(9-7-14)22-20-23-18-11-10-16(25(26)27)12-17(18)19(24-20)13-4-2-1-3-5-13/h1-12H,(H,22,23,24). The second-order valence-electron chi connectivity index (χ2n) is 5.85. The maximum Gasteiger partial charge on any atom is 0.270 e. The fourth-order valence-electron chi connectivity index (χ4n) is 2.76. The van der Waals surface area contributed by atoms with E-state index in [1.165, 1.54) is 12.1 Å². The summed E-state index contributed by atoms with van der Waals surface area (Å²) < 4.78 is 0.977. The smallest absolute Gasteiger partial charge is 0.270 e. The quantitative estimate of drug-likeness (QED) is 0.337. The normalized spacial score (nSPS) is 10.7. The fraction of sp³-hybridized carbons (Fsp3) is 0. The minimum Gasteiger partial charge on any atom is -0.324 e. The molecule has 4 aromatic rings. The summed E-state index contributed by atoms with van der Waals surface area (Å²) in [6.45, 7) is 0. The van der Waals surface area contributed by atoms with E-state index in [2.05, 4.69) is 31.2 Å². The predicted octanol–water partition coefficient (Wildman–Crippen LogP) is 5.71. The zero-order chi connectivity index (χ0) is 18.8. The predicted molar refractivity (Wildman–Crippen MR) is 109 cm³/mol. The van der Waals surface area contributed by atoms with Gasteiger partial charge < -0.3 is 5.32 Å². The highest BCUT2D eigenvalue weighted by Crippen LogP contribution is 2.30. The largest absolute Gasteiger partial charge is 0.324 e. The number of aromatic nitrogens is 2. The van der Waals surface area contributed by atoms with Crippen LogP contribution in [0.1, 0.15) is 0 Å². The Hall–Kier alpha value is -3.32. The van der Waals surface area contributed by atoms with Crippen LogP contribution < -0.4 is 5.32 Å². The summed E-state index contributed by atoms with van der Waals surface area (Å²) in [4.78, 5) is 19.9. The van der Waals surface area contributed by atoms with Gasteiger partial charge >= 0.3 is 0 Å². The Morgan fingerprint density at radius 1 is 0.926 bits per heavy atom. The molecule has 1 heterocycles. The van der Waals surface area contributed by atoms with Gasteiger partial charge in [-0.05, 0) is 30.3 Å². The van der Waals surface area contributed by atoms with Gasteiger partial charge in [0.25, 0.3) is 5.69 Å². The van der Waals surface area contributed by atoms with Gasteiger partial charge in [0.1, 0.15) is 0 Å². The summed E-state index contributed by atoms with van der Waals surface area (Å²) in [5.74, 6) is 0.428. The summed E-state index contributed by atoms with van der Waals surface area (Å²) in [6.07, 6.45) is 0. The number of non-ortho nitro benzene ring substituents is 1. The molecule has 7 heteroatoms. The highest BCUT2D eigenvalue weighted by molar-refractivity contribution is 9.10. The molecule has 0 aliphatic rings. The first-order chi connectivity index (χ1) is 13.1. The summed E-state index contributed by atoms with van der Waals surface area (Å²) in [6, 6.07) is 21.8. The van der Waals surface area contributed by atoms with Gasteiger partial charge in [0.05, 0.1) is 16.1 Å². The van der Waals surface area contributed by atoms with Crippen LogP contribution in [0.3, 0.4) is 0 Å². The molecule has 27 heavy (non-hydrogen) atoms. The number of fused-ring (bicyclic) bond motifs is 1. The molecule has 0 aliphatic carbocycles. The molecule has 132 valence electrons. The first kappa shape index (κ1) is 17.1. The monoisotopic (exact) mass is 420 g/mol. The molecule has 0 bridgehead atoms. The number of nitro groups is 1. The molecule has 0 spiro atoms. The van der Waals surface area contributed by atoms with E-state index in [9.17, 15) is 10.1 Å². The lowest BCUT2D eigenvalue weighted by Crippen LogP contribution is -2.00. The molecule has 0 amide bonds. The minimum absolute atomic E-state index is 0.0110. The number of nitro benzene ring substituents is 1. The van der Waals surface area contributed by atoms with Crippen LogP contribution in [0.2, 0.25) is 0 Å². The molecular formula is C20H13BrN4O2. The Morgan fingerprint density at radius 2 is 1.67 bits per heavy atom. The van der Waals surface area contributed by atoms with Crippen molar-refractivity contribution in [2.24, 2.45) is 0 Å². The van der Waals surface area contributed by atoms with Gasteiger partial charge in [0, 0.05) is 33.2 Å². The number of anilines is 2. The van der Waals surface area contributed by atoms with Gasteiger partial charge in [-0.25, -0.2) is 9.97 Å². The average Bonchev–Trinajstić information content (AvgIpc) is 2.69. The van der Waals surface area contributed by atoms with Crippen molar-refractivity contribution < 1.29 is 4.92 Å². The third kappa shape index (κ3) is 3.63. The molecule has 1 aromatic heterocycles. The lowest BCUT2D eigenvalue weighted by molar-refractivity contribution is -0.384. The Labute approximate surface area is 163 Å². The Kier molecular flexibility index (Phi) is 4.52. The summed E-state index contributed by atoms with van der Waals surface area (Å²) in [5.41, 5.74) is 3.00. The van der Waals surface area contributed by atoms with E-state index >= 15 is 0 Å². The van der Waals surface area contributed by atoms with Crippen LogP contribution in [0.4, 0.5) is 17.3 Å². The maximum atomic E-state index is 11.2. The summed E-state index contributed by atoms with van der Waals surface area (Å²) in [7, 11) is 0. The molecule has 0 fully saturated rings. The lowest BCUT2D eigenvalue weighted by atomic mass is 10.1. The minimum atomic E-state index is -0.414. The van der Waals surface area contributed by atoms with Crippen molar-refractivity contribution in [3.8, 4) is 11.3 Å². The molecule has 1 N–H and O–H groups in total. The number of hydrogen-bond donors (Lipinski definition) is 1. The van der Waals surface area contributed by atoms with Crippen LogP contribution in [0.15, 0.2) is 77.3 Å². The van der Waals surface area contributed by atoms with Crippen LogP contribution in [-0.2, 0) is 0 Å². The van der Waals surface area contributed by atoms with E-state index < -0.39 is 4.92 Å². The van der Waals surface area contributed by atoms with Crippen molar-refractivity contribution >= 4 is 44.2 Å². The van der Waals surface area contributed by atoms with Crippen LogP contribution in [-0.4, -0.2) is 14.9 Å². The Balaban J connectivity index is 1.88. The number of hydrogen-bond acceptors (Lipinski definition) is 5. The zero-order valence-electron chi connectivity index (χ0n) is 14.0. The van der Waals surface area contributed by atoms with Gasteiger partial charge in [-0.15, -0.1) is 0 Å². The zero-order valence-corrected chi connectivity index (χ0v) is 15.6. The average molecular weight is 421 g/mol. The number of nitrogens with zero attached hydrogens (tertiary/aromatic N) is 3. The maximum absolute atomic E-state index is 11.2. The molecular weight excluding hydrogens is 408 g/mol. The summed E-state index contributed by atoms with van der Waals surface area (Å²) >= 11 is 3.41. The topological polar surface area (TPSA) is 81.0 Å². The van der Waals surface area contributed by atoms with E-state index in [-0.39, 0.29) is 5.69 Å². The van der Waals surface area contributed by atoms with Crippen molar-refractivity contribution in [2.45, 2.75) is 0 Å². The van der Waals surface area contributed by atoms with Gasteiger partial charge in [0.15, 0.2) is 0 Å². The second-order valence-corrected chi connectivity index (χ2v) is 6.77. The number of halogens is 1. The van der Waals surface area contributed by atoms with Crippen molar-refractivity contribution in [1.82, 2.24) is 9.97 Å². The SMILES string of the molecule is O=[N+]([O-])c1ccc2nc(Nc3ccc(Br)cc3)nc(-c3ccccc3)c2c1. The van der Waals surface area contributed by atoms with Crippen molar-refractivity contribution in [3.63, 3.8) is 0 Å². The third-order valence-electron chi connectivity index (χ3n) is 4.04. The summed E-state index contributed by atoms with van der Waals surface area (Å²) in [5, 5.41) is 15.0. The van der Waals surface area contributed by atoms with Crippen LogP contribution >= 0.6 is 15.9 Å². The highest BCUT2D eigenvalue weighted by atomic mass is 79.9. The first-order valence-corrected chi connectivity index (χ1v) is 8.94. The second kappa shape index (κ2) is 7.13. The van der Waals surface area contributed by atoms with E-state index in [0.717, 1.165) is 15.7 Å². The Morgan fingerprint density at radius 3 is 2.37 bits per heavy atom. The van der Waals surface area contributed by atoms with Gasteiger partial charge in [0.2, 0.25) is 5.95 Å². The van der Waals surface area contributed by atoms with E-state index in [4.69, 9.17) is 0 Å². The number of benzene rings is 3. The van der Waals surface area contributed by atoms with Crippen LogP contribution in [0.5, 0.6) is 0 Å². The first-order valence-electron chi connectivity index (χ1n) is 8.14. The fourth-order valence-corrected chi connectivity index (χ4v) is 3.03. The number of nitrogens with one attached hydrogen (secondary N) is 1. The molecule has 0 radical (unpaired) electrons. The Bertz CT molecular complexity index is 1130. The van der Waals surface area contributed by atoms with Gasteiger partial charge in [-0.1, -0.05) is 46.3 Å². The molecule has 3 aromatic carbocycles. The number of rotatable bonds is 4. The van der Waals surface area contributed by atoms with Gasteiger partial charge in [-0.3, -0.25) is 10.1 Å². The lowest BCUT2D eigenvalue weighted by Gasteiger charge is -2.10. The highest BCUT2D eigenvalue weighted by Gasteiger charge is 2.14. The van der Waals surface area contributed by atoms with Crippen molar-refractivity contribution in [2.75, 3.05) is 5.32 Å². The van der Waals surface area contributed by atoms with Crippen molar-refractivity contribution in [3.05, 3.63) is 87.4 Å². The third-order valence-corrected chi connectivity index (χ3v) is 4.57. The molecule has 0 saturated heterocycles. The molecule has 0 unspecified atom stereocenters. The van der Waals surface area contributed by atoms with Crippen molar-refractivity contribution in [1.29, 1.82) is 0 Å². The van der Waals surface area contributed by atoms with E-state index in [1.807, 2.05) is 54.6 Å². The molecule has 0 saturated carbocycles. The van der Waals surface area contributed by atoms with E-state index in [0.29, 0.717) is 22.5 Å². The van der Waals surface area contributed by atoms with Crippen LogP contribution in [0, 0.1) is 10.1 Å². The molecule has 6 nitrogen and oxygen atoms in total. The van der Waals surface area contributed by atoms with Gasteiger partial charge in [-0.2, -0.15) is 0 Å². The molecule has 4 rings (SSSR count).